The highest BCUT2D eigenvalue weighted by atomic mass is 16.6. The molecule has 3 aliphatic rings. The van der Waals surface area contributed by atoms with E-state index in [9.17, 15) is 19.2 Å². The van der Waals surface area contributed by atoms with Gasteiger partial charge in [0.1, 0.15) is 16.6 Å². The third-order valence-electron chi connectivity index (χ3n) is 19.7. The molecule has 3 aliphatic heterocycles. The lowest BCUT2D eigenvalue weighted by molar-refractivity contribution is -0.136. The highest BCUT2D eigenvalue weighted by molar-refractivity contribution is 5.99. The minimum atomic E-state index is -0.581. The van der Waals surface area contributed by atoms with Gasteiger partial charge in [0.15, 0.2) is 17.5 Å². The van der Waals surface area contributed by atoms with E-state index in [-0.39, 0.29) is 37.6 Å². The summed E-state index contributed by atoms with van der Waals surface area (Å²) >= 11 is 0. The van der Waals surface area contributed by atoms with Crippen molar-refractivity contribution in [1.82, 2.24) is 104 Å². The predicted octanol–water partition coefficient (Wildman–Crippen LogP) is 11.5. The number of nitrogens with zero attached hydrogens (tertiary/aromatic N) is 18. The molecule has 0 unspecified atom stereocenters. The van der Waals surface area contributed by atoms with Gasteiger partial charge in [-0.25, -0.2) is 59.2 Å². The third kappa shape index (κ3) is 20.7. The lowest BCUT2D eigenvalue weighted by Gasteiger charge is -2.36. The normalized spacial score (nSPS) is 14.5. The summed E-state index contributed by atoms with van der Waals surface area (Å²) < 4.78 is 20.1. The second-order valence-electron chi connectivity index (χ2n) is 28.2. The molecule has 592 valence electrons. The summed E-state index contributed by atoms with van der Waals surface area (Å²) in [6, 6.07) is 30.3. The molecule has 3 saturated heterocycles. The number of ether oxygens (including phenoxy) is 4. The van der Waals surface area contributed by atoms with Gasteiger partial charge in [-0.05, 0) is 124 Å². The minimum Gasteiger partial charge on any atom is -0.450 e. The molecular formula is C82H96N24O8. The van der Waals surface area contributed by atoms with Gasteiger partial charge in [-0.15, -0.1) is 0 Å². The van der Waals surface area contributed by atoms with Crippen molar-refractivity contribution in [2.45, 2.75) is 74.1 Å². The lowest BCUT2D eigenvalue weighted by atomic mass is 10.0. The Labute approximate surface area is 660 Å². The Balaban J connectivity index is 0.000000149. The number of rotatable bonds is 23. The number of benzene rings is 3. The second-order valence-corrected chi connectivity index (χ2v) is 28.2. The molecule has 12 heterocycles. The number of piperazine rings is 3. The molecule has 0 radical (unpaired) electrons. The summed E-state index contributed by atoms with van der Waals surface area (Å²) in [6.07, 6.45) is 14.1. The maximum Gasteiger partial charge on any atom is 0.413 e. The van der Waals surface area contributed by atoms with Gasteiger partial charge in [0.25, 0.3) is 0 Å². The summed E-state index contributed by atoms with van der Waals surface area (Å²) in [6.45, 7) is 30.2. The highest BCUT2D eigenvalue weighted by Crippen LogP contribution is 2.36. The number of H-pyrrole nitrogens is 3. The van der Waals surface area contributed by atoms with Gasteiger partial charge < -0.3 is 38.8 Å². The van der Waals surface area contributed by atoms with Crippen LogP contribution in [-0.2, 0) is 43.4 Å². The zero-order chi connectivity index (χ0) is 79.5. The molecule has 15 rings (SSSR count). The molecule has 12 aromatic rings. The van der Waals surface area contributed by atoms with Crippen LogP contribution in [-0.4, -0.2) is 253 Å². The Morgan fingerprint density at radius 3 is 1.04 bits per heavy atom. The SMILES string of the molecule is CCOC(=O)Nc1nc2c(-c3ncccn3)cc(-c3ccc(CN4CCN(C(=O)C(C)C)CC4)nc3)cc2[nH]1.CCOC(=O)Nc1nc2c(-c3ncccn3)cc(-c3ccc(CN4CCN(C(C)C)CC4)nc3)cc2[nH]1.CCOC(=O)Nc1nc2c(-c3ncccn3)cc(-c3ccc(CN4CCN(CCOC)CC4)nc3)cc2[nH]1. The van der Waals surface area contributed by atoms with Gasteiger partial charge in [0.2, 0.25) is 23.8 Å². The van der Waals surface area contributed by atoms with Crippen LogP contribution in [0.4, 0.5) is 32.2 Å². The summed E-state index contributed by atoms with van der Waals surface area (Å²) in [7, 11) is 1.75. The number of hydrogen-bond acceptors (Lipinski definition) is 25. The maximum absolute atomic E-state index is 12.3. The number of hydrogen-bond donors (Lipinski definition) is 6. The van der Waals surface area contributed by atoms with E-state index in [1.54, 1.807) is 83.3 Å². The van der Waals surface area contributed by atoms with Gasteiger partial charge in [-0.2, -0.15) is 0 Å². The molecule has 0 spiro atoms. The van der Waals surface area contributed by atoms with Crippen LogP contribution in [0.15, 0.2) is 147 Å². The number of amides is 4. The monoisotopic (exact) mass is 1540 g/mol. The molecule has 32 heteroatoms. The van der Waals surface area contributed by atoms with Crippen molar-refractivity contribution in [3.05, 3.63) is 164 Å². The molecule has 32 nitrogen and oxygen atoms in total. The Morgan fingerprint density at radius 2 is 0.737 bits per heavy atom. The van der Waals surface area contributed by atoms with Crippen molar-refractivity contribution in [2.24, 2.45) is 5.92 Å². The number of pyridine rings is 3. The molecule has 0 atom stereocenters. The smallest absolute Gasteiger partial charge is 0.413 e. The van der Waals surface area contributed by atoms with E-state index in [0.717, 1.165) is 195 Å². The predicted molar refractivity (Wildman–Crippen MR) is 435 cm³/mol. The first kappa shape index (κ1) is 79.9. The number of carbonyl (C=O) groups excluding carboxylic acids is 4. The molecule has 114 heavy (non-hydrogen) atoms. The van der Waals surface area contributed by atoms with Crippen molar-refractivity contribution in [2.75, 3.05) is 135 Å². The first-order chi connectivity index (χ1) is 55.5. The van der Waals surface area contributed by atoms with E-state index in [1.807, 2.05) is 85.9 Å². The van der Waals surface area contributed by atoms with Crippen molar-refractivity contribution in [3.63, 3.8) is 0 Å². The molecule has 4 amide bonds. The first-order valence-electron chi connectivity index (χ1n) is 38.6. The van der Waals surface area contributed by atoms with Crippen LogP contribution in [0, 0.1) is 5.92 Å². The number of aromatic nitrogens is 15. The van der Waals surface area contributed by atoms with Gasteiger partial charge in [0.05, 0.1) is 60.1 Å². The first-order valence-corrected chi connectivity index (χ1v) is 38.6. The fourth-order valence-electron chi connectivity index (χ4n) is 13.7. The standard InChI is InChI=1S/C28H32N8O3.C27H32N8O3.C27H32N8O2/c1-4-39-28(38)34-27-32-23-15-20(14-22(24(23)33-27)25-29-8-5-9-30-25)19-6-7-21(31-16-19)17-35-10-12-36(13-11-35)26(37)18(2)3;1-3-38-27(36)33-26-31-23-16-20(15-22(24(23)32-26)25-28-7-4-8-29-25)19-5-6-21(30-17-19)18-35-11-9-34(10-12-35)13-14-37-2;1-4-37-27(36)33-26-31-23-15-20(14-22(24(23)32-26)25-28-8-5-9-29-25)19-6-7-21(30-16-19)17-34-10-12-35(13-11-34)18(2)3/h5-9,14-16,18H,4,10-13,17H2,1-3H3,(H2,32,33,34,38);4-8,15-17H,3,9-14,18H2,1-2H3,(H2,31,32,33,36);5-9,14-16,18H,4,10-13,17H2,1-3H3,(H2,31,32,33,36). The lowest BCUT2D eigenvalue weighted by Crippen LogP contribution is -2.49. The van der Waals surface area contributed by atoms with Crippen molar-refractivity contribution < 1.29 is 38.1 Å². The van der Waals surface area contributed by atoms with E-state index < -0.39 is 18.3 Å². The Hall–Kier alpha value is -12.2. The van der Waals surface area contributed by atoms with Crippen LogP contribution >= 0.6 is 0 Å². The summed E-state index contributed by atoms with van der Waals surface area (Å²) in [5.41, 5.74) is 15.1. The molecule has 3 fully saturated rings. The fraction of sp³-hybridized carbons (Fsp3) is 0.366. The fourth-order valence-corrected chi connectivity index (χ4v) is 13.7. The largest absolute Gasteiger partial charge is 0.450 e. The molecule has 0 bridgehead atoms. The maximum atomic E-state index is 12.3. The third-order valence-corrected chi connectivity index (χ3v) is 19.7. The average Bonchev–Trinajstić information content (AvgIpc) is 1.59. The molecule has 9 aromatic heterocycles. The number of aromatic amines is 3. The van der Waals surface area contributed by atoms with Crippen LogP contribution in [0.25, 0.3) is 101 Å². The van der Waals surface area contributed by atoms with E-state index in [0.29, 0.717) is 52.0 Å². The van der Waals surface area contributed by atoms with Crippen molar-refractivity contribution in [3.8, 4) is 67.5 Å². The van der Waals surface area contributed by atoms with Crippen LogP contribution < -0.4 is 16.0 Å². The molecule has 3 aromatic carbocycles. The van der Waals surface area contributed by atoms with Gasteiger partial charge >= 0.3 is 18.3 Å². The molecule has 0 saturated carbocycles. The zero-order valence-corrected chi connectivity index (χ0v) is 65.5. The average molecular weight is 1550 g/mol. The second kappa shape index (κ2) is 38.3. The van der Waals surface area contributed by atoms with Crippen LogP contribution in [0.1, 0.15) is 65.5 Å². The molecule has 6 N–H and O–H groups in total. The van der Waals surface area contributed by atoms with Crippen LogP contribution in [0.2, 0.25) is 0 Å². The Bertz CT molecular complexity index is 5170. The van der Waals surface area contributed by atoms with E-state index in [4.69, 9.17) is 33.9 Å². The highest BCUT2D eigenvalue weighted by Gasteiger charge is 2.26. The number of nitrogens with one attached hydrogen (secondary N) is 6. The Morgan fingerprint density at radius 1 is 0.412 bits per heavy atom. The number of fused-ring (bicyclic) bond motifs is 3. The van der Waals surface area contributed by atoms with Crippen LogP contribution in [0.3, 0.4) is 0 Å². The van der Waals surface area contributed by atoms with Crippen molar-refractivity contribution in [1.29, 1.82) is 0 Å². The molecule has 0 aliphatic carbocycles. The molecular weight excluding hydrogens is 1450 g/mol. The van der Waals surface area contributed by atoms with E-state index >= 15 is 0 Å². The number of anilines is 3. The number of imidazole rings is 3. The summed E-state index contributed by atoms with van der Waals surface area (Å²) in [4.78, 5) is 126. The number of methoxy groups -OCH3 is 1. The zero-order valence-electron chi connectivity index (χ0n) is 65.5. The summed E-state index contributed by atoms with van der Waals surface area (Å²) in [5, 5.41) is 7.89. The quantitative estimate of drug-likeness (QED) is 0.0324. The summed E-state index contributed by atoms with van der Waals surface area (Å²) in [5.74, 6) is 2.74. The van der Waals surface area contributed by atoms with E-state index in [1.165, 1.54) is 0 Å². The van der Waals surface area contributed by atoms with Crippen molar-refractivity contribution >= 4 is 75.1 Å². The minimum absolute atomic E-state index is 0.0288. The van der Waals surface area contributed by atoms with Gasteiger partial charge in [-0.1, -0.05) is 32.0 Å². The van der Waals surface area contributed by atoms with Crippen LogP contribution in [0.5, 0.6) is 0 Å². The van der Waals surface area contributed by atoms with Gasteiger partial charge in [0, 0.05) is 213 Å². The van der Waals surface area contributed by atoms with Gasteiger partial charge in [-0.3, -0.25) is 60.2 Å². The Kier molecular flexibility index (Phi) is 26.9. The number of carbonyl (C=O) groups is 4. The topological polar surface area (TPSA) is 363 Å². The van der Waals surface area contributed by atoms with E-state index in [2.05, 4.69) is 138 Å².